The first-order valence-electron chi connectivity index (χ1n) is 8.59. The number of rotatable bonds is 4. The number of amides is 1. The first-order chi connectivity index (χ1) is 12.6. The summed E-state index contributed by atoms with van der Waals surface area (Å²) in [7, 11) is 1.77. The normalized spacial score (nSPS) is 16.3. The van der Waals surface area contributed by atoms with Gasteiger partial charge in [0.1, 0.15) is 6.54 Å². The fourth-order valence-corrected chi connectivity index (χ4v) is 3.45. The van der Waals surface area contributed by atoms with Gasteiger partial charge in [0.05, 0.1) is 12.3 Å². The van der Waals surface area contributed by atoms with E-state index >= 15 is 0 Å². The lowest BCUT2D eigenvalue weighted by Gasteiger charge is -2.33. The smallest absolute Gasteiger partial charge is 0.437 e. The molecular formula is C19H19N3O4. The quantitative estimate of drug-likeness (QED) is 0.720. The van der Waals surface area contributed by atoms with Gasteiger partial charge >= 0.3 is 5.76 Å². The van der Waals surface area contributed by atoms with Gasteiger partial charge in [-0.3, -0.25) is 4.79 Å². The van der Waals surface area contributed by atoms with E-state index < -0.39 is 5.76 Å². The number of benzene rings is 1. The maximum absolute atomic E-state index is 12.7. The molecule has 0 spiro atoms. The highest BCUT2D eigenvalue weighted by molar-refractivity contribution is 5.76. The maximum Gasteiger partial charge on any atom is 0.437 e. The Morgan fingerprint density at radius 3 is 2.96 bits per heavy atom. The molecule has 1 aromatic carbocycles. The molecule has 4 rings (SSSR count). The molecule has 0 saturated heterocycles. The molecule has 3 aromatic rings. The largest absolute Gasteiger partial charge is 0.459 e. The summed E-state index contributed by atoms with van der Waals surface area (Å²) in [5.41, 5.74) is 2.46. The molecule has 7 heteroatoms. The number of carbonyl (C=O) groups is 1. The van der Waals surface area contributed by atoms with Crippen molar-refractivity contribution >= 4 is 5.91 Å². The lowest BCUT2D eigenvalue weighted by Crippen LogP contribution is -2.37. The van der Waals surface area contributed by atoms with Crippen LogP contribution >= 0.6 is 0 Å². The highest BCUT2D eigenvalue weighted by atomic mass is 16.4. The SMILES string of the molecule is CN(C(=O)Cn1nc(-c2ccco2)oc1=O)C1CCCc2ccccc21. The van der Waals surface area contributed by atoms with Crippen LogP contribution in [0.5, 0.6) is 0 Å². The number of aromatic nitrogens is 2. The van der Waals surface area contributed by atoms with Gasteiger partial charge in [0.15, 0.2) is 5.76 Å². The molecule has 0 radical (unpaired) electrons. The van der Waals surface area contributed by atoms with Gasteiger partial charge in [-0.05, 0) is 42.5 Å². The Morgan fingerprint density at radius 1 is 1.31 bits per heavy atom. The second-order valence-electron chi connectivity index (χ2n) is 6.42. The average Bonchev–Trinajstić information content (AvgIpc) is 3.31. The molecule has 2 aromatic heterocycles. The van der Waals surface area contributed by atoms with Crippen molar-refractivity contribution in [1.82, 2.24) is 14.7 Å². The molecule has 1 unspecified atom stereocenters. The van der Waals surface area contributed by atoms with E-state index in [0.29, 0.717) is 5.76 Å². The molecule has 134 valence electrons. The molecule has 2 heterocycles. The molecule has 0 fully saturated rings. The third-order valence-corrected chi connectivity index (χ3v) is 4.82. The van der Waals surface area contributed by atoms with Gasteiger partial charge in [-0.2, -0.15) is 4.68 Å². The minimum atomic E-state index is -0.679. The summed E-state index contributed by atoms with van der Waals surface area (Å²) in [5, 5.41) is 4.06. The molecule has 0 saturated carbocycles. The van der Waals surface area contributed by atoms with Crippen LogP contribution in [0.15, 0.2) is 56.3 Å². The monoisotopic (exact) mass is 353 g/mol. The minimum absolute atomic E-state index is 0.0135. The van der Waals surface area contributed by atoms with Gasteiger partial charge < -0.3 is 13.7 Å². The zero-order chi connectivity index (χ0) is 18.1. The van der Waals surface area contributed by atoms with Crippen LogP contribution in [0.2, 0.25) is 0 Å². The van der Waals surface area contributed by atoms with Crippen LogP contribution in [0.3, 0.4) is 0 Å². The van der Waals surface area contributed by atoms with Crippen molar-refractivity contribution in [3.8, 4) is 11.7 Å². The first-order valence-corrected chi connectivity index (χ1v) is 8.59. The Hall–Kier alpha value is -3.09. The van der Waals surface area contributed by atoms with Gasteiger partial charge in [0.25, 0.3) is 5.89 Å². The highest BCUT2D eigenvalue weighted by Crippen LogP contribution is 2.33. The van der Waals surface area contributed by atoms with Crippen LogP contribution < -0.4 is 5.76 Å². The van der Waals surface area contributed by atoms with Crippen molar-refractivity contribution < 1.29 is 13.6 Å². The predicted molar refractivity (Wildman–Crippen MR) is 93.4 cm³/mol. The Labute approximate surface area is 149 Å². The van der Waals surface area contributed by atoms with Crippen molar-refractivity contribution in [3.05, 3.63) is 64.3 Å². The number of fused-ring (bicyclic) bond motifs is 1. The predicted octanol–water partition coefficient (Wildman–Crippen LogP) is 2.63. The molecular weight excluding hydrogens is 334 g/mol. The van der Waals surface area contributed by atoms with E-state index in [-0.39, 0.29) is 24.4 Å². The van der Waals surface area contributed by atoms with E-state index in [9.17, 15) is 9.59 Å². The van der Waals surface area contributed by atoms with Gasteiger partial charge in [-0.1, -0.05) is 24.3 Å². The molecule has 26 heavy (non-hydrogen) atoms. The van der Waals surface area contributed by atoms with E-state index in [0.717, 1.165) is 23.9 Å². The summed E-state index contributed by atoms with van der Waals surface area (Å²) in [6.45, 7) is -0.168. The fraction of sp³-hybridized carbons (Fsp3) is 0.316. The zero-order valence-corrected chi connectivity index (χ0v) is 14.4. The number of carbonyl (C=O) groups excluding carboxylic acids is 1. The molecule has 7 nitrogen and oxygen atoms in total. The summed E-state index contributed by atoms with van der Waals surface area (Å²) < 4.78 is 11.3. The second kappa shape index (κ2) is 6.67. The average molecular weight is 353 g/mol. The van der Waals surface area contributed by atoms with E-state index in [1.165, 1.54) is 17.4 Å². The number of hydrogen-bond donors (Lipinski definition) is 0. The van der Waals surface area contributed by atoms with Gasteiger partial charge in [-0.15, -0.1) is 5.10 Å². The topological polar surface area (TPSA) is 81.5 Å². The van der Waals surface area contributed by atoms with Crippen molar-refractivity contribution in [2.45, 2.75) is 31.8 Å². The number of nitrogens with zero attached hydrogens (tertiary/aromatic N) is 3. The maximum atomic E-state index is 12.7. The molecule has 1 atom stereocenters. The van der Waals surface area contributed by atoms with Crippen molar-refractivity contribution in [2.24, 2.45) is 0 Å². The molecule has 0 bridgehead atoms. The Balaban J connectivity index is 1.53. The standard InChI is InChI=1S/C19H19N3O4/c1-21(15-9-4-7-13-6-2-3-8-14(13)15)17(23)12-22-19(24)26-18(20-22)16-10-5-11-25-16/h2-3,5-6,8,10-11,15H,4,7,9,12H2,1H3. The number of hydrogen-bond acceptors (Lipinski definition) is 5. The number of furan rings is 1. The molecule has 0 N–H and O–H groups in total. The third-order valence-electron chi connectivity index (χ3n) is 4.82. The summed E-state index contributed by atoms with van der Waals surface area (Å²) in [4.78, 5) is 26.4. The van der Waals surface area contributed by atoms with E-state index in [2.05, 4.69) is 17.2 Å². The van der Waals surface area contributed by atoms with Crippen LogP contribution in [-0.4, -0.2) is 27.6 Å². The minimum Gasteiger partial charge on any atom is -0.459 e. The summed E-state index contributed by atoms with van der Waals surface area (Å²) >= 11 is 0. The van der Waals surface area contributed by atoms with E-state index in [1.807, 2.05) is 12.1 Å². The summed E-state index contributed by atoms with van der Waals surface area (Å²) in [6, 6.07) is 11.5. The van der Waals surface area contributed by atoms with Crippen LogP contribution in [0, 0.1) is 0 Å². The molecule has 1 aliphatic rings. The highest BCUT2D eigenvalue weighted by Gasteiger charge is 2.27. The van der Waals surface area contributed by atoms with Gasteiger partial charge in [0, 0.05) is 7.05 Å². The summed E-state index contributed by atoms with van der Waals surface area (Å²) in [5.74, 6) is -0.448. The Morgan fingerprint density at radius 2 is 2.15 bits per heavy atom. The second-order valence-corrected chi connectivity index (χ2v) is 6.42. The van der Waals surface area contributed by atoms with Crippen LogP contribution in [-0.2, 0) is 17.8 Å². The summed E-state index contributed by atoms with van der Waals surface area (Å²) in [6.07, 6.45) is 4.44. The third kappa shape index (κ3) is 2.96. The number of aryl methyl sites for hydroxylation is 1. The van der Waals surface area contributed by atoms with E-state index in [4.69, 9.17) is 8.83 Å². The molecule has 1 aliphatic carbocycles. The van der Waals surface area contributed by atoms with Crippen LogP contribution in [0.4, 0.5) is 0 Å². The molecule has 0 aliphatic heterocycles. The Kier molecular flexibility index (Phi) is 4.20. The van der Waals surface area contributed by atoms with Crippen LogP contribution in [0.25, 0.3) is 11.7 Å². The van der Waals surface area contributed by atoms with Crippen molar-refractivity contribution in [3.63, 3.8) is 0 Å². The lowest BCUT2D eigenvalue weighted by molar-refractivity contribution is -0.133. The van der Waals surface area contributed by atoms with E-state index in [1.54, 1.807) is 24.1 Å². The van der Waals surface area contributed by atoms with Gasteiger partial charge in [-0.25, -0.2) is 4.79 Å². The van der Waals surface area contributed by atoms with Crippen LogP contribution in [0.1, 0.15) is 30.0 Å². The first kappa shape index (κ1) is 16.4. The lowest BCUT2D eigenvalue weighted by atomic mass is 9.87. The zero-order valence-electron chi connectivity index (χ0n) is 14.4. The fourth-order valence-electron chi connectivity index (χ4n) is 3.45. The molecule has 1 amide bonds. The number of likely N-dealkylation sites (N-methyl/N-ethyl adjacent to an activating group) is 1. The van der Waals surface area contributed by atoms with Gasteiger partial charge in [0.2, 0.25) is 5.91 Å². The Bertz CT molecular complexity index is 971. The van der Waals surface area contributed by atoms with Crippen molar-refractivity contribution in [2.75, 3.05) is 7.05 Å². The van der Waals surface area contributed by atoms with Crippen molar-refractivity contribution in [1.29, 1.82) is 0 Å².